The van der Waals surface area contributed by atoms with Crippen LogP contribution in [0.1, 0.15) is 84.5 Å². The third kappa shape index (κ3) is 12.7. The molecule has 0 saturated heterocycles. The molecule has 0 saturated carbocycles. The van der Waals surface area contributed by atoms with Crippen molar-refractivity contribution >= 4 is 22.1 Å². The molecule has 0 heterocycles. The molecule has 0 aliphatic heterocycles. The zero-order chi connectivity index (χ0) is 25.4. The van der Waals surface area contributed by atoms with E-state index in [2.05, 4.69) is 6.92 Å². The van der Waals surface area contributed by atoms with Gasteiger partial charge in [0.05, 0.1) is 20.6 Å². The number of hydrogen-bond acceptors (Lipinski definition) is 7. The van der Waals surface area contributed by atoms with E-state index >= 15 is 0 Å². The van der Waals surface area contributed by atoms with Gasteiger partial charge in [-0.1, -0.05) is 64.7 Å². The first kappa shape index (κ1) is 32.9. The van der Waals surface area contributed by atoms with Crippen molar-refractivity contribution < 1.29 is 42.1 Å². The molecule has 0 radical (unpaired) electrons. The molecule has 10 nitrogen and oxygen atoms in total. The molecule has 0 bridgehead atoms. The van der Waals surface area contributed by atoms with Gasteiger partial charge in [-0.05, 0) is 12.8 Å². The Morgan fingerprint density at radius 2 is 1.28 bits per heavy atom. The first-order chi connectivity index (χ1) is 14.7. The van der Waals surface area contributed by atoms with Gasteiger partial charge in [0.25, 0.3) is 5.97 Å². The van der Waals surface area contributed by atoms with Crippen LogP contribution in [0.2, 0.25) is 0 Å². The standard InChI is InChI=1S/C19H40N2O6S.C2H4O2/c1-6-7-8-9-10-11-12-13-14-15-16-17-21(4,5)19(18(22)23,27-20(2)3)28(24,25)26;1-2(3)4/h6-17H2,1-5H3,(H-,22,23,24,25,26);1H3,(H,3,4). The van der Waals surface area contributed by atoms with Gasteiger partial charge in [0.1, 0.15) is 0 Å². The quantitative estimate of drug-likeness (QED) is 0.104. The number of hydrogen-bond donors (Lipinski definition) is 2. The second-order valence-corrected chi connectivity index (χ2v) is 10.2. The number of hydroxylamine groups is 2. The summed E-state index contributed by atoms with van der Waals surface area (Å²) in [6, 6.07) is 0. The van der Waals surface area contributed by atoms with E-state index in [0.717, 1.165) is 31.2 Å². The van der Waals surface area contributed by atoms with Crippen molar-refractivity contribution in [3.05, 3.63) is 0 Å². The summed E-state index contributed by atoms with van der Waals surface area (Å²) in [5.41, 5.74) is 0. The molecule has 0 amide bonds. The lowest BCUT2D eigenvalue weighted by Gasteiger charge is -2.45. The average Bonchev–Trinajstić information content (AvgIpc) is 2.62. The van der Waals surface area contributed by atoms with Gasteiger partial charge in [-0.3, -0.25) is 13.8 Å². The summed E-state index contributed by atoms with van der Waals surface area (Å²) in [7, 11) is 0.420. The second kappa shape index (κ2) is 16.4. The van der Waals surface area contributed by atoms with Gasteiger partial charge in [-0.25, -0.2) is 4.84 Å². The molecule has 32 heavy (non-hydrogen) atoms. The summed E-state index contributed by atoms with van der Waals surface area (Å²) in [6.07, 6.45) is 12.5. The normalized spacial score (nSPS) is 13.9. The highest BCUT2D eigenvalue weighted by molar-refractivity contribution is 7.87. The minimum absolute atomic E-state index is 0.207. The third-order valence-corrected chi connectivity index (χ3v) is 6.47. The van der Waals surface area contributed by atoms with Crippen LogP contribution in [0.3, 0.4) is 0 Å². The fraction of sp³-hybridized carbons (Fsp3) is 0.905. The van der Waals surface area contributed by atoms with Crippen molar-refractivity contribution in [3.8, 4) is 0 Å². The van der Waals surface area contributed by atoms with Crippen LogP contribution >= 0.6 is 0 Å². The Bertz CT molecular complexity index is 634. The molecular formula is C21H44N2O8S. The van der Waals surface area contributed by atoms with Gasteiger partial charge < -0.3 is 15.0 Å². The average molecular weight is 485 g/mol. The molecule has 0 aromatic rings. The Balaban J connectivity index is 0. The van der Waals surface area contributed by atoms with Crippen LogP contribution in [-0.4, -0.2) is 79.4 Å². The van der Waals surface area contributed by atoms with E-state index in [1.807, 2.05) is 0 Å². The van der Waals surface area contributed by atoms with Gasteiger partial charge in [-0.2, -0.15) is 13.5 Å². The number of carboxylic acids is 2. The van der Waals surface area contributed by atoms with Crippen LogP contribution in [0, 0.1) is 0 Å². The van der Waals surface area contributed by atoms with Crippen LogP contribution in [0.4, 0.5) is 0 Å². The Morgan fingerprint density at radius 3 is 1.56 bits per heavy atom. The molecule has 0 aliphatic carbocycles. The number of unbranched alkanes of at least 4 members (excludes halogenated alkanes) is 10. The van der Waals surface area contributed by atoms with Crippen LogP contribution in [-0.2, 0) is 24.5 Å². The van der Waals surface area contributed by atoms with E-state index in [9.17, 15) is 22.9 Å². The van der Waals surface area contributed by atoms with Gasteiger partial charge in [0.2, 0.25) is 0 Å². The van der Waals surface area contributed by atoms with Crippen molar-refractivity contribution in [1.29, 1.82) is 0 Å². The SMILES string of the molecule is CC(=O)O.CCCCCCCCCCCCC[N+](C)(C)C(ON(C)C)(C(=O)[O-])S(=O)(=O)O. The first-order valence-electron chi connectivity index (χ1n) is 11.2. The molecule has 0 aromatic heterocycles. The number of nitrogens with zero attached hydrogens (tertiary/aromatic N) is 2. The summed E-state index contributed by atoms with van der Waals surface area (Å²) in [5.74, 6) is -2.82. The molecular weight excluding hydrogens is 440 g/mol. The maximum atomic E-state index is 11.9. The monoisotopic (exact) mass is 484 g/mol. The zero-order valence-corrected chi connectivity index (χ0v) is 21.4. The summed E-state index contributed by atoms with van der Waals surface area (Å²) < 4.78 is 32.9. The van der Waals surface area contributed by atoms with Crippen LogP contribution in [0.5, 0.6) is 0 Å². The highest BCUT2D eigenvalue weighted by atomic mass is 32.2. The Labute approximate surface area is 193 Å². The third-order valence-electron chi connectivity index (χ3n) is 5.03. The zero-order valence-electron chi connectivity index (χ0n) is 20.6. The minimum atomic E-state index is -5.10. The van der Waals surface area contributed by atoms with E-state index in [4.69, 9.17) is 14.7 Å². The van der Waals surface area contributed by atoms with Crippen LogP contribution < -0.4 is 5.11 Å². The lowest BCUT2D eigenvalue weighted by molar-refractivity contribution is -0.948. The van der Waals surface area contributed by atoms with E-state index < -0.39 is 31.6 Å². The number of rotatable bonds is 17. The van der Waals surface area contributed by atoms with Gasteiger partial charge >= 0.3 is 15.2 Å². The largest absolute Gasteiger partial charge is 0.541 e. The van der Waals surface area contributed by atoms with Crippen molar-refractivity contribution in [1.82, 2.24) is 5.06 Å². The molecule has 0 fully saturated rings. The molecule has 0 aromatic carbocycles. The molecule has 11 heteroatoms. The van der Waals surface area contributed by atoms with Gasteiger partial charge in [0, 0.05) is 21.0 Å². The smallest absolute Gasteiger partial charge is 0.388 e. The molecule has 2 N–H and O–H groups in total. The lowest BCUT2D eigenvalue weighted by atomic mass is 10.1. The van der Waals surface area contributed by atoms with Crippen molar-refractivity contribution in [2.45, 2.75) is 89.5 Å². The number of aliphatic carboxylic acids is 2. The number of carbonyl (C=O) groups is 2. The molecule has 0 rings (SSSR count). The Hall–Kier alpha value is -1.27. The van der Waals surface area contributed by atoms with Gasteiger partial charge in [-0.15, -0.1) is 0 Å². The summed E-state index contributed by atoms with van der Waals surface area (Å²) in [6.45, 7) is 3.50. The van der Waals surface area contributed by atoms with Gasteiger partial charge in [0.15, 0.2) is 5.97 Å². The summed E-state index contributed by atoms with van der Waals surface area (Å²) in [4.78, 5) is 25.8. The summed E-state index contributed by atoms with van der Waals surface area (Å²) >= 11 is 0. The highest BCUT2D eigenvalue weighted by Crippen LogP contribution is 2.30. The topological polar surface area (TPSA) is 144 Å². The predicted octanol–water partition coefficient (Wildman–Crippen LogP) is 2.25. The van der Waals surface area contributed by atoms with Crippen LogP contribution in [0.15, 0.2) is 0 Å². The maximum Gasteiger partial charge on any atom is 0.388 e. The van der Waals surface area contributed by atoms with E-state index in [-0.39, 0.29) is 6.54 Å². The minimum Gasteiger partial charge on any atom is -0.541 e. The lowest BCUT2D eigenvalue weighted by Crippen LogP contribution is -2.74. The van der Waals surface area contributed by atoms with Crippen LogP contribution in [0.25, 0.3) is 0 Å². The number of carbonyl (C=O) groups excluding carboxylic acids is 1. The Morgan fingerprint density at radius 1 is 0.938 bits per heavy atom. The number of likely N-dealkylation sites (N-methyl/N-ethyl adjacent to an activating group) is 1. The molecule has 192 valence electrons. The predicted molar refractivity (Wildman–Crippen MR) is 121 cm³/mol. The van der Waals surface area contributed by atoms with E-state index in [0.29, 0.717) is 6.42 Å². The number of quaternary nitrogens is 1. The highest BCUT2D eigenvalue weighted by Gasteiger charge is 2.61. The Kier molecular flexibility index (Phi) is 16.8. The fourth-order valence-corrected chi connectivity index (χ4v) is 4.60. The molecule has 0 aliphatic rings. The van der Waals surface area contributed by atoms with Crippen molar-refractivity contribution in [2.75, 3.05) is 34.7 Å². The molecule has 0 spiro atoms. The second-order valence-electron chi connectivity index (χ2n) is 8.71. The number of carboxylic acid groups (broad SMARTS) is 2. The van der Waals surface area contributed by atoms with E-state index in [1.165, 1.54) is 73.1 Å². The summed E-state index contributed by atoms with van der Waals surface area (Å²) in [5, 5.41) is 17.2. The van der Waals surface area contributed by atoms with Crippen molar-refractivity contribution in [3.63, 3.8) is 0 Å². The molecule has 1 atom stereocenters. The first-order valence-corrected chi connectivity index (χ1v) is 12.7. The molecule has 1 unspecified atom stereocenters. The maximum absolute atomic E-state index is 11.9. The van der Waals surface area contributed by atoms with Crippen molar-refractivity contribution in [2.24, 2.45) is 0 Å². The fourth-order valence-electron chi connectivity index (χ4n) is 3.43. The van der Waals surface area contributed by atoms with E-state index in [1.54, 1.807) is 0 Å².